The molecule has 0 aliphatic heterocycles. The molecular weight excluding hydrogens is 126 g/mol. The van der Waals surface area contributed by atoms with Gasteiger partial charge < -0.3 is 10.4 Å². The van der Waals surface area contributed by atoms with E-state index in [4.69, 9.17) is 11.5 Å². The lowest BCUT2D eigenvalue weighted by molar-refractivity contribution is 0.252. The van der Waals surface area contributed by atoms with Crippen LogP contribution in [0.15, 0.2) is 0 Å². The van der Waals surface area contributed by atoms with Crippen molar-refractivity contribution in [3.05, 3.63) is 0 Å². The van der Waals surface area contributed by atoms with Gasteiger partial charge in [0.1, 0.15) is 0 Å². The van der Waals surface area contributed by atoms with Crippen molar-refractivity contribution in [3.8, 4) is 12.3 Å². The van der Waals surface area contributed by atoms with Gasteiger partial charge in [0, 0.05) is 12.5 Å². The van der Waals surface area contributed by atoms with Crippen molar-refractivity contribution in [1.82, 2.24) is 5.32 Å². The van der Waals surface area contributed by atoms with Crippen LogP contribution in [0.2, 0.25) is 0 Å². The second kappa shape index (κ2) is 6.60. The molecule has 0 rings (SSSR count). The highest BCUT2D eigenvalue weighted by Gasteiger charge is 1.95. The molecule has 0 saturated carbocycles. The molecule has 0 saturated heterocycles. The monoisotopic (exact) mass is 141 g/mol. The summed E-state index contributed by atoms with van der Waals surface area (Å²) in [6.07, 6.45) is 6.85. The van der Waals surface area contributed by atoms with Crippen LogP contribution in [0.25, 0.3) is 0 Å². The van der Waals surface area contributed by atoms with Crippen LogP contribution < -0.4 is 5.32 Å². The summed E-state index contributed by atoms with van der Waals surface area (Å²) in [5.74, 6) is 2.56. The van der Waals surface area contributed by atoms with Gasteiger partial charge in [-0.3, -0.25) is 0 Å². The predicted molar refractivity (Wildman–Crippen MR) is 42.6 cm³/mol. The van der Waals surface area contributed by atoms with Gasteiger partial charge in [0.05, 0.1) is 6.61 Å². The van der Waals surface area contributed by atoms with Crippen LogP contribution >= 0.6 is 0 Å². The van der Waals surface area contributed by atoms with E-state index in [-0.39, 0.29) is 12.6 Å². The van der Waals surface area contributed by atoms with E-state index in [2.05, 4.69) is 11.2 Å². The summed E-state index contributed by atoms with van der Waals surface area (Å²) < 4.78 is 0. The van der Waals surface area contributed by atoms with Crippen LogP contribution in [0.1, 0.15) is 19.8 Å². The van der Waals surface area contributed by atoms with E-state index >= 15 is 0 Å². The average Bonchev–Trinajstić information content (AvgIpc) is 1.98. The molecule has 0 aliphatic carbocycles. The Morgan fingerprint density at radius 1 is 1.70 bits per heavy atom. The summed E-state index contributed by atoms with van der Waals surface area (Å²) >= 11 is 0. The number of aliphatic hydroxyl groups excluding tert-OH is 1. The lowest BCUT2D eigenvalue weighted by Crippen LogP contribution is -2.29. The zero-order chi connectivity index (χ0) is 7.82. The van der Waals surface area contributed by atoms with Gasteiger partial charge in [0.25, 0.3) is 0 Å². The summed E-state index contributed by atoms with van der Waals surface area (Å²) in [7, 11) is 0. The van der Waals surface area contributed by atoms with Crippen LogP contribution in [0.5, 0.6) is 0 Å². The molecule has 2 nitrogen and oxygen atoms in total. The second-order valence-electron chi connectivity index (χ2n) is 2.35. The van der Waals surface area contributed by atoms with Gasteiger partial charge in [-0.15, -0.1) is 12.3 Å². The molecule has 0 radical (unpaired) electrons. The molecule has 0 fully saturated rings. The molecule has 0 aromatic carbocycles. The fraction of sp³-hybridized carbons (Fsp3) is 0.750. The Hall–Kier alpha value is -0.520. The lowest BCUT2D eigenvalue weighted by Gasteiger charge is -2.08. The molecule has 0 aliphatic rings. The summed E-state index contributed by atoms with van der Waals surface area (Å²) in [5, 5.41) is 11.7. The van der Waals surface area contributed by atoms with Crippen LogP contribution in [0.3, 0.4) is 0 Å². The SMILES string of the molecule is C#CCCCNC(C)CO. The minimum Gasteiger partial charge on any atom is -0.395 e. The Kier molecular flexibility index (Phi) is 6.25. The first-order chi connectivity index (χ1) is 4.81. The van der Waals surface area contributed by atoms with Crippen molar-refractivity contribution in [2.45, 2.75) is 25.8 Å². The van der Waals surface area contributed by atoms with Crippen LogP contribution in [-0.2, 0) is 0 Å². The second-order valence-corrected chi connectivity index (χ2v) is 2.35. The summed E-state index contributed by atoms with van der Waals surface area (Å²) in [5.41, 5.74) is 0. The Balaban J connectivity index is 2.98. The molecule has 0 aromatic rings. The lowest BCUT2D eigenvalue weighted by atomic mass is 10.3. The highest BCUT2D eigenvalue weighted by atomic mass is 16.3. The minimum atomic E-state index is 0.191. The number of terminal acetylenes is 1. The van der Waals surface area contributed by atoms with Crippen molar-refractivity contribution in [3.63, 3.8) is 0 Å². The molecule has 10 heavy (non-hydrogen) atoms. The number of aliphatic hydroxyl groups is 1. The zero-order valence-corrected chi connectivity index (χ0v) is 6.43. The number of nitrogens with one attached hydrogen (secondary N) is 1. The maximum atomic E-state index is 8.59. The number of hydrogen-bond acceptors (Lipinski definition) is 2. The van der Waals surface area contributed by atoms with E-state index in [1.165, 1.54) is 0 Å². The molecule has 0 bridgehead atoms. The Labute approximate surface area is 62.6 Å². The normalized spacial score (nSPS) is 12.5. The van der Waals surface area contributed by atoms with Crippen LogP contribution in [0, 0.1) is 12.3 Å². The fourth-order valence-electron chi connectivity index (χ4n) is 0.603. The Morgan fingerprint density at radius 2 is 2.40 bits per heavy atom. The molecule has 1 unspecified atom stereocenters. The Morgan fingerprint density at radius 3 is 2.90 bits per heavy atom. The maximum absolute atomic E-state index is 8.59. The van der Waals surface area contributed by atoms with Crippen molar-refractivity contribution < 1.29 is 5.11 Å². The van der Waals surface area contributed by atoms with Gasteiger partial charge in [-0.1, -0.05) is 0 Å². The van der Waals surface area contributed by atoms with Gasteiger partial charge >= 0.3 is 0 Å². The van der Waals surface area contributed by atoms with Gasteiger partial charge in [-0.2, -0.15) is 0 Å². The van der Waals surface area contributed by atoms with E-state index in [9.17, 15) is 0 Å². The molecule has 0 spiro atoms. The van der Waals surface area contributed by atoms with Crippen LogP contribution in [-0.4, -0.2) is 24.3 Å². The van der Waals surface area contributed by atoms with Crippen molar-refractivity contribution in [2.75, 3.05) is 13.2 Å². The van der Waals surface area contributed by atoms with Gasteiger partial charge in [-0.05, 0) is 19.9 Å². The quantitative estimate of drug-likeness (QED) is 0.428. The zero-order valence-electron chi connectivity index (χ0n) is 6.43. The highest BCUT2D eigenvalue weighted by Crippen LogP contribution is 1.84. The molecule has 1 atom stereocenters. The van der Waals surface area contributed by atoms with E-state index < -0.39 is 0 Å². The Bertz CT molecular complexity index is 106. The van der Waals surface area contributed by atoms with Crippen LogP contribution in [0.4, 0.5) is 0 Å². The first-order valence-electron chi connectivity index (χ1n) is 3.59. The largest absolute Gasteiger partial charge is 0.395 e. The first kappa shape index (κ1) is 9.48. The fourth-order valence-corrected chi connectivity index (χ4v) is 0.603. The van der Waals surface area contributed by atoms with Gasteiger partial charge in [0.15, 0.2) is 0 Å². The van der Waals surface area contributed by atoms with Gasteiger partial charge in [0.2, 0.25) is 0 Å². The van der Waals surface area contributed by atoms with Crippen molar-refractivity contribution in [2.24, 2.45) is 0 Å². The molecule has 58 valence electrons. The third-order valence-electron chi connectivity index (χ3n) is 1.26. The third kappa shape index (κ3) is 5.61. The first-order valence-corrected chi connectivity index (χ1v) is 3.59. The predicted octanol–water partition coefficient (Wildman–Crippen LogP) is 0.370. The number of unbranched alkanes of at least 4 members (excludes halogenated alkanes) is 1. The number of hydrogen-bond donors (Lipinski definition) is 2. The van der Waals surface area contributed by atoms with Gasteiger partial charge in [-0.25, -0.2) is 0 Å². The third-order valence-corrected chi connectivity index (χ3v) is 1.26. The topological polar surface area (TPSA) is 32.3 Å². The van der Waals surface area contributed by atoms with Crippen molar-refractivity contribution >= 4 is 0 Å². The summed E-state index contributed by atoms with van der Waals surface area (Å²) in [4.78, 5) is 0. The minimum absolute atomic E-state index is 0.191. The molecular formula is C8H15NO. The maximum Gasteiger partial charge on any atom is 0.0581 e. The standard InChI is InChI=1S/C8H15NO/c1-3-4-5-6-9-8(2)7-10/h1,8-10H,4-7H2,2H3. The molecule has 0 aromatic heterocycles. The molecule has 0 heterocycles. The van der Waals surface area contributed by atoms with E-state index in [1.807, 2.05) is 6.92 Å². The van der Waals surface area contributed by atoms with Crippen molar-refractivity contribution in [1.29, 1.82) is 0 Å². The summed E-state index contributed by atoms with van der Waals surface area (Å²) in [6.45, 7) is 3.03. The van der Waals surface area contributed by atoms with E-state index in [1.54, 1.807) is 0 Å². The average molecular weight is 141 g/mol. The smallest absolute Gasteiger partial charge is 0.0581 e. The molecule has 2 heteroatoms. The summed E-state index contributed by atoms with van der Waals surface area (Å²) in [6, 6.07) is 0.192. The van der Waals surface area contributed by atoms with E-state index in [0.29, 0.717) is 0 Å². The van der Waals surface area contributed by atoms with E-state index in [0.717, 1.165) is 19.4 Å². The molecule has 0 amide bonds. The molecule has 2 N–H and O–H groups in total. The highest BCUT2D eigenvalue weighted by molar-refractivity contribution is 4.83. The number of rotatable bonds is 5.